The third-order valence-corrected chi connectivity index (χ3v) is 5.31. The van der Waals surface area contributed by atoms with Crippen LogP contribution in [0.4, 0.5) is 4.39 Å². The summed E-state index contributed by atoms with van der Waals surface area (Å²) in [5.41, 5.74) is 5.95. The first-order valence-corrected chi connectivity index (χ1v) is 7.27. The summed E-state index contributed by atoms with van der Waals surface area (Å²) < 4.78 is 13.3. The van der Waals surface area contributed by atoms with Crippen molar-refractivity contribution >= 4 is 11.9 Å². The van der Waals surface area contributed by atoms with Gasteiger partial charge in [0.05, 0.1) is 5.92 Å². The topological polar surface area (TPSA) is 101 Å². The van der Waals surface area contributed by atoms with Crippen molar-refractivity contribution in [2.75, 3.05) is 0 Å². The van der Waals surface area contributed by atoms with Crippen molar-refractivity contribution in [3.8, 4) is 0 Å². The SMILES string of the molecule is Cc1cc(CC2CC3C([C@H]3C(=O)O)C2(N)C(=O)O)ccc1F. The van der Waals surface area contributed by atoms with Crippen molar-refractivity contribution < 1.29 is 24.2 Å². The van der Waals surface area contributed by atoms with Crippen LogP contribution in [-0.2, 0) is 16.0 Å². The highest BCUT2D eigenvalue weighted by atomic mass is 19.1. The summed E-state index contributed by atoms with van der Waals surface area (Å²) in [6.45, 7) is 1.65. The highest BCUT2D eigenvalue weighted by Crippen LogP contribution is 2.64. The fourth-order valence-electron chi connectivity index (χ4n) is 4.14. The molecule has 0 spiro atoms. The van der Waals surface area contributed by atoms with E-state index in [1.54, 1.807) is 19.1 Å². The molecule has 5 atom stereocenters. The van der Waals surface area contributed by atoms with E-state index in [1.165, 1.54) is 6.07 Å². The lowest BCUT2D eigenvalue weighted by Crippen LogP contribution is -2.55. The zero-order chi connectivity index (χ0) is 16.2. The zero-order valence-electron chi connectivity index (χ0n) is 12.1. The second kappa shape index (κ2) is 4.78. The zero-order valence-corrected chi connectivity index (χ0v) is 12.1. The number of aryl methyl sites for hydroxylation is 1. The van der Waals surface area contributed by atoms with E-state index in [4.69, 9.17) is 10.8 Å². The van der Waals surface area contributed by atoms with Crippen LogP contribution in [0.2, 0.25) is 0 Å². The third kappa shape index (κ3) is 2.01. The Kier molecular flexibility index (Phi) is 3.25. The minimum absolute atomic E-state index is 0.162. The summed E-state index contributed by atoms with van der Waals surface area (Å²) >= 11 is 0. The molecule has 4 N–H and O–H groups in total. The molecule has 22 heavy (non-hydrogen) atoms. The predicted molar refractivity (Wildman–Crippen MR) is 75.6 cm³/mol. The lowest BCUT2D eigenvalue weighted by molar-refractivity contribution is -0.147. The van der Waals surface area contributed by atoms with Crippen molar-refractivity contribution in [2.24, 2.45) is 29.4 Å². The average Bonchev–Trinajstić information content (AvgIpc) is 3.08. The highest BCUT2D eigenvalue weighted by molar-refractivity contribution is 5.85. The molecular weight excluding hydrogens is 289 g/mol. The average molecular weight is 307 g/mol. The molecule has 118 valence electrons. The normalized spacial score (nSPS) is 36.0. The Balaban J connectivity index is 1.84. The van der Waals surface area contributed by atoms with Crippen molar-refractivity contribution in [3.63, 3.8) is 0 Å². The van der Waals surface area contributed by atoms with Crippen molar-refractivity contribution in [1.29, 1.82) is 0 Å². The number of carbonyl (C=O) groups is 2. The van der Waals surface area contributed by atoms with Gasteiger partial charge >= 0.3 is 11.9 Å². The maximum absolute atomic E-state index is 13.3. The Morgan fingerprint density at radius 3 is 2.64 bits per heavy atom. The van der Waals surface area contributed by atoms with E-state index in [-0.39, 0.29) is 17.7 Å². The van der Waals surface area contributed by atoms with E-state index in [0.717, 1.165) is 5.56 Å². The van der Waals surface area contributed by atoms with Crippen LogP contribution in [0.25, 0.3) is 0 Å². The van der Waals surface area contributed by atoms with Gasteiger partial charge in [-0.3, -0.25) is 9.59 Å². The van der Waals surface area contributed by atoms with Gasteiger partial charge in [0.25, 0.3) is 0 Å². The van der Waals surface area contributed by atoms with Gasteiger partial charge in [0, 0.05) is 5.92 Å². The van der Waals surface area contributed by atoms with Crippen LogP contribution in [0.3, 0.4) is 0 Å². The van der Waals surface area contributed by atoms with Gasteiger partial charge < -0.3 is 15.9 Å². The Hall–Kier alpha value is -1.95. The number of carboxylic acids is 2. The second-order valence-corrected chi connectivity index (χ2v) is 6.51. The molecule has 0 amide bonds. The first kappa shape index (κ1) is 15.0. The van der Waals surface area contributed by atoms with Gasteiger partial charge in [-0.15, -0.1) is 0 Å². The predicted octanol–water partition coefficient (Wildman–Crippen LogP) is 1.43. The van der Waals surface area contributed by atoms with Crippen molar-refractivity contribution in [1.82, 2.24) is 0 Å². The molecule has 1 aromatic rings. The fourth-order valence-corrected chi connectivity index (χ4v) is 4.14. The molecule has 0 aromatic heterocycles. The number of hydrogen-bond donors (Lipinski definition) is 3. The molecule has 6 heteroatoms. The van der Waals surface area contributed by atoms with Crippen LogP contribution in [0, 0.1) is 36.4 Å². The van der Waals surface area contributed by atoms with Gasteiger partial charge in [0.15, 0.2) is 0 Å². The Morgan fingerprint density at radius 2 is 2.09 bits per heavy atom. The summed E-state index contributed by atoms with van der Waals surface area (Å²) in [6, 6.07) is 4.68. The Bertz CT molecular complexity index is 662. The molecule has 4 unspecified atom stereocenters. The Labute approximate surface area is 126 Å². The maximum atomic E-state index is 13.3. The minimum Gasteiger partial charge on any atom is -0.481 e. The number of nitrogens with two attached hydrogens (primary N) is 1. The van der Waals surface area contributed by atoms with Gasteiger partial charge in [-0.1, -0.05) is 12.1 Å². The van der Waals surface area contributed by atoms with E-state index in [1.807, 2.05) is 0 Å². The smallest absolute Gasteiger partial charge is 0.324 e. The molecule has 0 heterocycles. The largest absolute Gasteiger partial charge is 0.481 e. The summed E-state index contributed by atoms with van der Waals surface area (Å²) in [6.07, 6.45) is 0.907. The molecule has 2 aliphatic rings. The highest BCUT2D eigenvalue weighted by Gasteiger charge is 2.73. The van der Waals surface area contributed by atoms with Crippen LogP contribution in [0.15, 0.2) is 18.2 Å². The molecular formula is C16H18FNO4. The van der Waals surface area contributed by atoms with Gasteiger partial charge in [0.1, 0.15) is 11.4 Å². The summed E-state index contributed by atoms with van der Waals surface area (Å²) in [5.74, 6) is -4.07. The molecule has 2 fully saturated rings. The van der Waals surface area contributed by atoms with Gasteiger partial charge in [0.2, 0.25) is 0 Å². The molecule has 5 nitrogen and oxygen atoms in total. The van der Waals surface area contributed by atoms with Gasteiger partial charge in [-0.05, 0) is 48.8 Å². The molecule has 0 bridgehead atoms. The number of hydrogen-bond acceptors (Lipinski definition) is 3. The van der Waals surface area contributed by atoms with Crippen LogP contribution in [0.1, 0.15) is 17.5 Å². The van der Waals surface area contributed by atoms with E-state index in [9.17, 15) is 19.1 Å². The lowest BCUT2D eigenvalue weighted by Gasteiger charge is -2.31. The van der Waals surface area contributed by atoms with E-state index in [0.29, 0.717) is 18.4 Å². The number of carboxylic acid groups (broad SMARTS) is 2. The van der Waals surface area contributed by atoms with Crippen molar-refractivity contribution in [2.45, 2.75) is 25.3 Å². The van der Waals surface area contributed by atoms with Gasteiger partial charge in [-0.25, -0.2) is 4.39 Å². The molecule has 0 aliphatic heterocycles. The number of benzene rings is 1. The van der Waals surface area contributed by atoms with E-state index < -0.39 is 29.3 Å². The summed E-state index contributed by atoms with van der Waals surface area (Å²) in [4.78, 5) is 22.8. The van der Waals surface area contributed by atoms with E-state index in [2.05, 4.69) is 0 Å². The monoisotopic (exact) mass is 307 g/mol. The molecule has 2 aliphatic carbocycles. The summed E-state index contributed by atoms with van der Waals surface area (Å²) in [7, 11) is 0. The number of halogens is 1. The number of aliphatic carboxylic acids is 2. The summed E-state index contributed by atoms with van der Waals surface area (Å²) in [5, 5.41) is 18.7. The number of rotatable bonds is 4. The van der Waals surface area contributed by atoms with Crippen LogP contribution >= 0.6 is 0 Å². The second-order valence-electron chi connectivity index (χ2n) is 6.51. The lowest BCUT2D eigenvalue weighted by atomic mass is 9.78. The first-order chi connectivity index (χ1) is 10.3. The molecule has 1 aromatic carbocycles. The van der Waals surface area contributed by atoms with Crippen LogP contribution < -0.4 is 5.73 Å². The number of fused-ring (bicyclic) bond motifs is 1. The maximum Gasteiger partial charge on any atom is 0.324 e. The third-order valence-electron chi connectivity index (χ3n) is 5.31. The van der Waals surface area contributed by atoms with Crippen molar-refractivity contribution in [3.05, 3.63) is 35.1 Å². The van der Waals surface area contributed by atoms with Gasteiger partial charge in [-0.2, -0.15) is 0 Å². The minimum atomic E-state index is -1.52. The van der Waals surface area contributed by atoms with E-state index >= 15 is 0 Å². The molecule has 3 rings (SSSR count). The quantitative estimate of drug-likeness (QED) is 0.781. The molecule has 0 radical (unpaired) electrons. The molecule has 2 saturated carbocycles. The standard InChI is InChI=1S/C16H18FNO4/c1-7-4-8(2-3-11(7)17)5-9-6-10-12(14(19)20)13(10)16(9,18)15(21)22/h2-4,9-10,12-13H,5-6,18H2,1H3,(H,19,20)(H,21,22)/t9?,10?,12-,13?,16?/m0/s1. The fraction of sp³-hybridized carbons (Fsp3) is 0.500. The van der Waals surface area contributed by atoms with Crippen LogP contribution in [-0.4, -0.2) is 27.7 Å². The molecule has 0 saturated heterocycles. The van der Waals surface area contributed by atoms with Crippen LogP contribution in [0.5, 0.6) is 0 Å². The first-order valence-electron chi connectivity index (χ1n) is 7.27. The Morgan fingerprint density at radius 1 is 1.41 bits per heavy atom.